The van der Waals surface area contributed by atoms with Crippen LogP contribution in [0, 0.1) is 18.5 Å². The lowest BCUT2D eigenvalue weighted by atomic mass is 10.1. The zero-order valence-electron chi connectivity index (χ0n) is 17.0. The minimum absolute atomic E-state index is 0.190. The van der Waals surface area contributed by atoms with E-state index in [4.69, 9.17) is 12.2 Å². The largest absolute Gasteiger partial charge is 0.309 e. The highest BCUT2D eigenvalue weighted by Crippen LogP contribution is 2.36. The average Bonchev–Trinajstić information content (AvgIpc) is 3.04. The van der Waals surface area contributed by atoms with Crippen LogP contribution in [0.25, 0.3) is 16.7 Å². The maximum atomic E-state index is 13.1. The molecule has 2 aromatic heterocycles. The number of anilines is 2. The third-order valence-corrected chi connectivity index (χ3v) is 6.06. The molecule has 30 heavy (non-hydrogen) atoms. The lowest BCUT2D eigenvalue weighted by molar-refractivity contribution is 0.739. The van der Waals surface area contributed by atoms with E-state index >= 15 is 0 Å². The molecule has 150 valence electrons. The fourth-order valence-electron chi connectivity index (χ4n) is 4.27. The van der Waals surface area contributed by atoms with Gasteiger partial charge in [0, 0.05) is 11.7 Å². The molecule has 0 radical (unpaired) electrons. The highest BCUT2D eigenvalue weighted by Gasteiger charge is 2.29. The molecule has 2 aromatic carbocycles. The number of aromatic amines is 1. The summed E-state index contributed by atoms with van der Waals surface area (Å²) in [6.07, 6.45) is 2.55. The number of rotatable bonds is 2. The number of hydrogen-bond acceptors (Lipinski definition) is 5. The summed E-state index contributed by atoms with van der Waals surface area (Å²) in [6.45, 7) is 6.18. The van der Waals surface area contributed by atoms with Crippen LogP contribution >= 0.6 is 12.2 Å². The Labute approximate surface area is 178 Å². The summed E-state index contributed by atoms with van der Waals surface area (Å²) in [7, 11) is 0. The molecule has 1 aliphatic rings. The summed E-state index contributed by atoms with van der Waals surface area (Å²) in [5.74, 6) is 0.496. The predicted molar refractivity (Wildman–Crippen MR) is 122 cm³/mol. The van der Waals surface area contributed by atoms with Gasteiger partial charge in [0.05, 0.1) is 5.69 Å². The lowest BCUT2D eigenvalue weighted by Gasteiger charge is -2.23. The first-order chi connectivity index (χ1) is 14.4. The van der Waals surface area contributed by atoms with Crippen LogP contribution in [-0.2, 0) is 6.42 Å². The van der Waals surface area contributed by atoms with Crippen molar-refractivity contribution >= 4 is 34.9 Å². The molecule has 0 amide bonds. The van der Waals surface area contributed by atoms with Crippen molar-refractivity contribution in [1.82, 2.24) is 19.5 Å². The fourth-order valence-corrected chi connectivity index (χ4v) is 4.60. The van der Waals surface area contributed by atoms with Crippen LogP contribution in [0.4, 0.5) is 11.6 Å². The van der Waals surface area contributed by atoms with Crippen LogP contribution in [0.15, 0.2) is 53.6 Å². The summed E-state index contributed by atoms with van der Waals surface area (Å²) >= 11 is 5.67. The van der Waals surface area contributed by atoms with Crippen LogP contribution in [-0.4, -0.2) is 25.6 Å². The van der Waals surface area contributed by atoms with Gasteiger partial charge in [0.25, 0.3) is 5.56 Å². The molecule has 0 bridgehead atoms. The molecule has 0 saturated heterocycles. The van der Waals surface area contributed by atoms with E-state index in [1.165, 1.54) is 11.1 Å². The number of H-pyrrole nitrogens is 1. The highest BCUT2D eigenvalue weighted by molar-refractivity contribution is 7.71. The summed E-state index contributed by atoms with van der Waals surface area (Å²) in [5, 5.41) is 0.330. The second-order valence-corrected chi connectivity index (χ2v) is 8.24. The van der Waals surface area contributed by atoms with E-state index in [0.29, 0.717) is 21.6 Å². The monoisotopic (exact) mass is 415 g/mol. The zero-order chi connectivity index (χ0) is 21.0. The highest BCUT2D eigenvalue weighted by atomic mass is 32.1. The Morgan fingerprint density at radius 2 is 1.93 bits per heavy atom. The molecule has 1 atom stereocenters. The summed E-state index contributed by atoms with van der Waals surface area (Å²) in [6, 6.07) is 14.5. The Morgan fingerprint density at radius 1 is 1.13 bits per heavy atom. The van der Waals surface area contributed by atoms with Crippen molar-refractivity contribution in [1.29, 1.82) is 0 Å². The number of para-hydroxylation sites is 1. The van der Waals surface area contributed by atoms with E-state index in [-0.39, 0.29) is 11.6 Å². The number of hydrogen-bond donors (Lipinski definition) is 1. The van der Waals surface area contributed by atoms with Gasteiger partial charge in [-0.3, -0.25) is 14.3 Å². The van der Waals surface area contributed by atoms with Crippen LogP contribution in [0.5, 0.6) is 0 Å². The second kappa shape index (κ2) is 6.88. The number of fused-ring (bicyclic) bond motifs is 2. The first kappa shape index (κ1) is 18.7. The summed E-state index contributed by atoms with van der Waals surface area (Å²) in [4.78, 5) is 27.3. The first-order valence-electron chi connectivity index (χ1n) is 9.90. The molecule has 0 unspecified atom stereocenters. The molecule has 6 nitrogen and oxygen atoms in total. The minimum atomic E-state index is -0.275. The number of aromatic nitrogens is 4. The number of nitrogens with zero attached hydrogens (tertiary/aromatic N) is 4. The topological polar surface area (TPSA) is 66.8 Å². The van der Waals surface area contributed by atoms with Crippen LogP contribution in [0.3, 0.4) is 0 Å². The smallest absolute Gasteiger partial charge is 0.264 e. The second-order valence-electron chi connectivity index (χ2n) is 7.85. The van der Waals surface area contributed by atoms with Crippen LogP contribution < -0.4 is 10.5 Å². The molecular weight excluding hydrogens is 394 g/mol. The Kier molecular flexibility index (Phi) is 4.29. The summed E-state index contributed by atoms with van der Waals surface area (Å²) < 4.78 is 2.18. The van der Waals surface area contributed by atoms with Gasteiger partial charge >= 0.3 is 0 Å². The third kappa shape index (κ3) is 2.85. The van der Waals surface area contributed by atoms with Gasteiger partial charge in [0.15, 0.2) is 5.65 Å². The third-order valence-electron chi connectivity index (χ3n) is 5.66. The van der Waals surface area contributed by atoms with Crippen molar-refractivity contribution in [3.05, 3.63) is 80.5 Å². The van der Waals surface area contributed by atoms with E-state index in [2.05, 4.69) is 38.9 Å². The van der Waals surface area contributed by atoms with Gasteiger partial charge in [-0.2, -0.15) is 4.98 Å². The van der Waals surface area contributed by atoms with E-state index in [1.54, 1.807) is 10.9 Å². The zero-order valence-corrected chi connectivity index (χ0v) is 17.8. The van der Waals surface area contributed by atoms with E-state index in [0.717, 1.165) is 23.4 Å². The van der Waals surface area contributed by atoms with E-state index in [9.17, 15) is 4.79 Å². The fraction of sp³-hybridized carbons (Fsp3) is 0.217. The van der Waals surface area contributed by atoms with Crippen molar-refractivity contribution in [2.24, 2.45) is 0 Å². The normalized spacial score (nSPS) is 15.6. The van der Waals surface area contributed by atoms with Gasteiger partial charge in [0.1, 0.15) is 16.4 Å². The molecule has 3 heterocycles. The minimum Gasteiger partial charge on any atom is -0.309 e. The SMILES string of the molecule is Cc1ccc(-n2cnc3nc(N4c5ccccc5C[C@@H]4C)[nH]c(=O)c3c2=S)c(C)c1. The van der Waals surface area contributed by atoms with E-state index < -0.39 is 0 Å². The Hall–Kier alpha value is -3.32. The number of aryl methyl sites for hydroxylation is 2. The molecule has 0 aliphatic carbocycles. The summed E-state index contributed by atoms with van der Waals surface area (Å²) in [5.41, 5.74) is 5.53. The maximum Gasteiger partial charge on any atom is 0.264 e. The maximum absolute atomic E-state index is 13.1. The Bertz CT molecular complexity index is 1420. The average molecular weight is 416 g/mol. The van der Waals surface area contributed by atoms with Gasteiger partial charge < -0.3 is 4.90 Å². The van der Waals surface area contributed by atoms with Gasteiger partial charge in [-0.15, -0.1) is 0 Å². The number of benzene rings is 2. The van der Waals surface area contributed by atoms with Crippen molar-refractivity contribution in [2.45, 2.75) is 33.2 Å². The van der Waals surface area contributed by atoms with Gasteiger partial charge in [-0.05, 0) is 50.5 Å². The van der Waals surface area contributed by atoms with Crippen LogP contribution in [0.2, 0.25) is 0 Å². The molecule has 0 saturated carbocycles. The van der Waals surface area contributed by atoms with Crippen molar-refractivity contribution in [3.8, 4) is 5.69 Å². The molecule has 0 spiro atoms. The molecule has 7 heteroatoms. The molecule has 5 rings (SSSR count). The van der Waals surface area contributed by atoms with Crippen molar-refractivity contribution < 1.29 is 0 Å². The van der Waals surface area contributed by atoms with Gasteiger partial charge in [-0.25, -0.2) is 4.98 Å². The molecule has 1 aliphatic heterocycles. The lowest BCUT2D eigenvalue weighted by Crippen LogP contribution is -2.28. The van der Waals surface area contributed by atoms with Crippen molar-refractivity contribution in [3.63, 3.8) is 0 Å². The quantitative estimate of drug-likeness (QED) is 0.487. The predicted octanol–water partition coefficient (Wildman–Crippen LogP) is 4.54. The first-order valence-corrected chi connectivity index (χ1v) is 10.3. The Balaban J connectivity index is 1.68. The van der Waals surface area contributed by atoms with Gasteiger partial charge in [0.2, 0.25) is 5.95 Å². The van der Waals surface area contributed by atoms with Crippen molar-refractivity contribution in [2.75, 3.05) is 4.90 Å². The Morgan fingerprint density at radius 3 is 2.73 bits per heavy atom. The molecular formula is C23H21N5OS. The number of nitrogens with one attached hydrogen (secondary N) is 1. The standard InChI is InChI=1S/C23H21N5OS/c1-13-8-9-17(14(2)10-13)27-12-24-20-19(22(27)30)21(29)26-23(25-20)28-15(3)11-16-6-4-5-7-18(16)28/h4-10,12,15H,11H2,1-3H3,(H,25,26,29)/t15-/m0/s1. The molecule has 1 N–H and O–H groups in total. The molecule has 0 fully saturated rings. The molecule has 4 aromatic rings. The van der Waals surface area contributed by atoms with Gasteiger partial charge in [-0.1, -0.05) is 48.1 Å². The van der Waals surface area contributed by atoms with Crippen LogP contribution in [0.1, 0.15) is 23.6 Å². The van der Waals surface area contributed by atoms with E-state index in [1.807, 2.05) is 44.2 Å².